The molecule has 0 bridgehead atoms. The Kier molecular flexibility index (Phi) is 5.98. The maximum absolute atomic E-state index is 13.1. The number of carbonyl (C=O) groups is 2. The molecule has 2 aromatic carbocycles. The van der Waals surface area contributed by atoms with Crippen LogP contribution in [0.5, 0.6) is 0 Å². The summed E-state index contributed by atoms with van der Waals surface area (Å²) in [4.78, 5) is 27.0. The zero-order valence-electron chi connectivity index (χ0n) is 17.5. The third-order valence-corrected chi connectivity index (χ3v) is 7.44. The highest BCUT2D eigenvalue weighted by atomic mass is 32.2. The molecule has 0 aliphatic carbocycles. The van der Waals surface area contributed by atoms with E-state index in [4.69, 9.17) is 0 Å². The summed E-state index contributed by atoms with van der Waals surface area (Å²) in [6.07, 6.45) is 1.64. The van der Waals surface area contributed by atoms with Gasteiger partial charge in [0.2, 0.25) is 15.9 Å². The fraction of sp³-hybridized carbons (Fsp3) is 0.273. The number of rotatable bonds is 4. The molecule has 8 nitrogen and oxygen atoms in total. The van der Waals surface area contributed by atoms with Gasteiger partial charge < -0.3 is 4.90 Å². The van der Waals surface area contributed by atoms with Crippen LogP contribution in [0.1, 0.15) is 12.0 Å². The quantitative estimate of drug-likeness (QED) is 0.755. The highest BCUT2D eigenvalue weighted by molar-refractivity contribution is 7.89. The van der Waals surface area contributed by atoms with Gasteiger partial charge in [-0.2, -0.15) is 4.31 Å². The van der Waals surface area contributed by atoms with Gasteiger partial charge in [-0.05, 0) is 48.9 Å². The molecule has 2 aliphatic heterocycles. The van der Waals surface area contributed by atoms with E-state index in [9.17, 15) is 22.4 Å². The number of sulfonamides is 1. The van der Waals surface area contributed by atoms with Crippen molar-refractivity contribution in [1.82, 2.24) is 14.6 Å². The lowest BCUT2D eigenvalue weighted by Gasteiger charge is -2.36. The topological polar surface area (TPSA) is 90.0 Å². The van der Waals surface area contributed by atoms with Crippen molar-refractivity contribution in [3.05, 3.63) is 71.7 Å². The van der Waals surface area contributed by atoms with Crippen molar-refractivity contribution in [2.45, 2.75) is 18.2 Å². The van der Waals surface area contributed by atoms with Gasteiger partial charge in [0.1, 0.15) is 11.5 Å². The Morgan fingerprint density at radius 2 is 1.66 bits per heavy atom. The Balaban J connectivity index is 1.43. The van der Waals surface area contributed by atoms with E-state index in [0.717, 1.165) is 17.7 Å². The minimum absolute atomic E-state index is 0.0164. The van der Waals surface area contributed by atoms with E-state index < -0.39 is 15.8 Å². The lowest BCUT2D eigenvalue weighted by Crippen LogP contribution is -2.54. The van der Waals surface area contributed by atoms with E-state index in [1.54, 1.807) is 17.0 Å². The van der Waals surface area contributed by atoms with Crippen LogP contribution in [-0.2, 0) is 19.6 Å². The molecule has 4 rings (SSSR count). The van der Waals surface area contributed by atoms with Gasteiger partial charge in [-0.15, -0.1) is 0 Å². The number of benzene rings is 2. The number of halogens is 1. The molecule has 0 unspecified atom stereocenters. The Hall–Kier alpha value is -3.24. The summed E-state index contributed by atoms with van der Waals surface area (Å²) in [5.74, 6) is -0.980. The molecule has 2 aliphatic rings. The minimum Gasteiger partial charge on any atom is -0.335 e. The third-order valence-electron chi connectivity index (χ3n) is 5.53. The number of nitrogens with zero attached hydrogens (tertiary/aromatic N) is 3. The summed E-state index contributed by atoms with van der Waals surface area (Å²) in [5.41, 5.74) is 4.76. The number of hydrogen-bond donors (Lipinski definition) is 1. The van der Waals surface area contributed by atoms with Crippen LogP contribution in [0.25, 0.3) is 0 Å². The van der Waals surface area contributed by atoms with Crippen LogP contribution < -0.4 is 10.4 Å². The highest BCUT2D eigenvalue weighted by Crippen LogP contribution is 2.23. The average molecular weight is 459 g/mol. The van der Waals surface area contributed by atoms with Crippen LogP contribution >= 0.6 is 0 Å². The molecule has 2 aromatic rings. The maximum Gasteiger partial charge on any atom is 0.271 e. The van der Waals surface area contributed by atoms with Crippen LogP contribution in [0.2, 0.25) is 0 Å². The normalized spacial score (nSPS) is 17.7. The van der Waals surface area contributed by atoms with E-state index in [-0.39, 0.29) is 55.0 Å². The number of piperazine rings is 1. The molecule has 10 heteroatoms. The van der Waals surface area contributed by atoms with E-state index >= 15 is 0 Å². The number of hydrogen-bond acceptors (Lipinski definition) is 5. The van der Waals surface area contributed by atoms with E-state index in [1.165, 1.54) is 21.4 Å². The second-order valence-corrected chi connectivity index (χ2v) is 9.54. The highest BCUT2D eigenvalue weighted by Gasteiger charge is 2.33. The second-order valence-electron chi connectivity index (χ2n) is 7.60. The Labute approximate surface area is 185 Å². The van der Waals surface area contributed by atoms with Gasteiger partial charge >= 0.3 is 0 Å². The molecular weight excluding hydrogens is 435 g/mol. The standard InChI is InChI=1S/C22H23FN4O4S/c1-16-4-2-3-5-20(16)27-21(28)11-10-19(24-27)22(29)25-12-14-26(15-13-25)32(30,31)18-8-6-17(23)7-9-18/h2-10,24H,11-15H2,1H3. The van der Waals surface area contributed by atoms with Crippen molar-refractivity contribution in [3.8, 4) is 0 Å². The summed E-state index contributed by atoms with van der Waals surface area (Å²) in [5, 5.41) is 1.37. The molecule has 168 valence electrons. The first-order chi connectivity index (χ1) is 15.3. The number of aryl methyl sites for hydroxylation is 1. The molecule has 0 aromatic heterocycles. The first-order valence-corrected chi connectivity index (χ1v) is 11.6. The number of nitrogens with one attached hydrogen (secondary N) is 1. The van der Waals surface area contributed by atoms with Crippen molar-refractivity contribution >= 4 is 27.5 Å². The molecule has 0 saturated carbocycles. The van der Waals surface area contributed by atoms with Gasteiger partial charge in [0, 0.05) is 32.6 Å². The van der Waals surface area contributed by atoms with Crippen molar-refractivity contribution < 1.29 is 22.4 Å². The number of hydrazine groups is 1. The van der Waals surface area contributed by atoms with Crippen molar-refractivity contribution in [3.63, 3.8) is 0 Å². The van der Waals surface area contributed by atoms with Gasteiger partial charge in [0.05, 0.1) is 10.6 Å². The summed E-state index contributed by atoms with van der Waals surface area (Å²) >= 11 is 0. The van der Waals surface area contributed by atoms with Crippen LogP contribution in [0.15, 0.2) is 65.2 Å². The van der Waals surface area contributed by atoms with Gasteiger partial charge in [-0.1, -0.05) is 18.2 Å². The van der Waals surface area contributed by atoms with Crippen LogP contribution in [0.4, 0.5) is 10.1 Å². The van der Waals surface area contributed by atoms with Crippen molar-refractivity contribution in [2.75, 3.05) is 31.2 Å². The summed E-state index contributed by atoms with van der Waals surface area (Å²) < 4.78 is 40.0. The zero-order valence-corrected chi connectivity index (χ0v) is 18.3. The smallest absolute Gasteiger partial charge is 0.271 e. The SMILES string of the molecule is Cc1ccccc1N1NC(C(=O)N2CCN(S(=O)(=O)c3ccc(F)cc3)CC2)=CCC1=O. The number of amides is 2. The number of anilines is 1. The molecule has 2 amide bonds. The Morgan fingerprint density at radius 1 is 1.00 bits per heavy atom. The molecule has 32 heavy (non-hydrogen) atoms. The molecule has 1 N–H and O–H groups in total. The minimum atomic E-state index is -3.76. The zero-order chi connectivity index (χ0) is 22.9. The fourth-order valence-corrected chi connectivity index (χ4v) is 5.13. The number of para-hydroxylation sites is 1. The Bertz CT molecular complexity index is 1170. The van der Waals surface area contributed by atoms with E-state index in [0.29, 0.717) is 5.69 Å². The lowest BCUT2D eigenvalue weighted by molar-refractivity contribution is -0.129. The molecule has 0 spiro atoms. The lowest BCUT2D eigenvalue weighted by atomic mass is 10.1. The second kappa shape index (κ2) is 8.71. The molecule has 0 radical (unpaired) electrons. The molecule has 1 saturated heterocycles. The largest absolute Gasteiger partial charge is 0.335 e. The molecule has 0 atom stereocenters. The predicted octanol–water partition coefficient (Wildman–Crippen LogP) is 1.79. The van der Waals surface area contributed by atoms with Crippen LogP contribution in [0.3, 0.4) is 0 Å². The monoisotopic (exact) mass is 458 g/mol. The van der Waals surface area contributed by atoms with E-state index in [2.05, 4.69) is 5.43 Å². The fourth-order valence-electron chi connectivity index (χ4n) is 3.71. The van der Waals surface area contributed by atoms with Gasteiger partial charge in [0.15, 0.2) is 0 Å². The average Bonchev–Trinajstić information content (AvgIpc) is 2.80. The number of carbonyl (C=O) groups excluding carboxylic acids is 2. The Morgan fingerprint density at radius 3 is 2.31 bits per heavy atom. The molecular formula is C22H23FN4O4S. The maximum atomic E-state index is 13.1. The van der Waals surface area contributed by atoms with Gasteiger partial charge in [-0.3, -0.25) is 15.0 Å². The van der Waals surface area contributed by atoms with Crippen molar-refractivity contribution in [1.29, 1.82) is 0 Å². The van der Waals surface area contributed by atoms with Crippen molar-refractivity contribution in [2.24, 2.45) is 0 Å². The van der Waals surface area contributed by atoms with Gasteiger partial charge in [0.25, 0.3) is 5.91 Å². The summed E-state index contributed by atoms with van der Waals surface area (Å²) in [6.45, 7) is 2.54. The van der Waals surface area contributed by atoms with Crippen LogP contribution in [-0.4, -0.2) is 55.6 Å². The predicted molar refractivity (Wildman–Crippen MR) is 116 cm³/mol. The molecule has 1 fully saturated rings. The third kappa shape index (κ3) is 4.23. The van der Waals surface area contributed by atoms with Crippen LogP contribution in [0, 0.1) is 12.7 Å². The summed E-state index contributed by atoms with van der Waals surface area (Å²) in [6, 6.07) is 12.0. The first-order valence-electron chi connectivity index (χ1n) is 10.2. The first kappa shape index (κ1) is 22.0. The summed E-state index contributed by atoms with van der Waals surface area (Å²) in [7, 11) is -3.76. The van der Waals surface area contributed by atoms with E-state index in [1.807, 2.05) is 25.1 Å². The van der Waals surface area contributed by atoms with Gasteiger partial charge in [-0.25, -0.2) is 17.8 Å². The molecule has 2 heterocycles.